The van der Waals surface area contributed by atoms with Crippen molar-refractivity contribution in [2.24, 2.45) is 5.73 Å². The Labute approximate surface area is 159 Å². The third kappa shape index (κ3) is 3.62. The molecule has 2 aliphatic rings. The summed E-state index contributed by atoms with van der Waals surface area (Å²) in [6.07, 6.45) is 6.22. The number of carbonyl (C=O) groups excluding carboxylic acids is 1. The zero-order valence-corrected chi connectivity index (χ0v) is 15.6. The number of hydrogen-bond donors (Lipinski definition) is 1. The van der Waals surface area contributed by atoms with Crippen LogP contribution in [0.1, 0.15) is 61.8 Å². The standard InChI is InChI=1S/C19H24N4O2.ClH/c20-19(10-4-5-11-19)18-21-17(25-22-18)15-9-6-12-23(15)16(24)13-14-7-2-1-3-8-14;/h1-3,7-8,15H,4-6,9-13,20H2;1H. The number of nitrogens with zero attached hydrogens (tertiary/aromatic N) is 3. The second-order valence-electron chi connectivity index (χ2n) is 7.23. The van der Waals surface area contributed by atoms with Crippen molar-refractivity contribution in [2.75, 3.05) is 6.54 Å². The molecule has 1 aromatic carbocycles. The largest absolute Gasteiger partial charge is 0.337 e. The molecule has 1 saturated heterocycles. The van der Waals surface area contributed by atoms with Crippen molar-refractivity contribution in [1.29, 1.82) is 0 Å². The topological polar surface area (TPSA) is 85.2 Å². The lowest BCUT2D eigenvalue weighted by molar-refractivity contribution is -0.131. The quantitative estimate of drug-likeness (QED) is 0.885. The fourth-order valence-corrected chi connectivity index (χ4v) is 4.00. The van der Waals surface area contributed by atoms with Crippen molar-refractivity contribution in [2.45, 2.75) is 56.5 Å². The molecule has 2 fully saturated rings. The van der Waals surface area contributed by atoms with Gasteiger partial charge in [-0.1, -0.05) is 48.3 Å². The first-order valence-corrected chi connectivity index (χ1v) is 9.12. The summed E-state index contributed by atoms with van der Waals surface area (Å²) in [4.78, 5) is 19.2. The lowest BCUT2D eigenvalue weighted by Crippen LogP contribution is -2.35. The maximum Gasteiger partial charge on any atom is 0.249 e. The van der Waals surface area contributed by atoms with Crippen LogP contribution in [0.4, 0.5) is 0 Å². The second kappa shape index (κ2) is 7.76. The predicted molar refractivity (Wildman–Crippen MR) is 99.7 cm³/mol. The van der Waals surface area contributed by atoms with Crippen molar-refractivity contribution in [1.82, 2.24) is 15.0 Å². The first-order chi connectivity index (χ1) is 12.2. The van der Waals surface area contributed by atoms with Crippen molar-refractivity contribution >= 4 is 18.3 Å². The van der Waals surface area contributed by atoms with Crippen molar-refractivity contribution in [3.05, 3.63) is 47.6 Å². The molecular weight excluding hydrogens is 352 g/mol. The van der Waals surface area contributed by atoms with Gasteiger partial charge in [0.05, 0.1) is 12.0 Å². The van der Waals surface area contributed by atoms with Gasteiger partial charge in [-0.2, -0.15) is 4.98 Å². The van der Waals surface area contributed by atoms with E-state index >= 15 is 0 Å². The highest BCUT2D eigenvalue weighted by atomic mass is 35.5. The number of nitrogens with two attached hydrogens (primary N) is 1. The lowest BCUT2D eigenvalue weighted by Gasteiger charge is -2.22. The second-order valence-corrected chi connectivity index (χ2v) is 7.23. The van der Waals surface area contributed by atoms with E-state index < -0.39 is 5.54 Å². The molecule has 26 heavy (non-hydrogen) atoms. The Balaban J connectivity index is 0.00000196. The number of aromatic nitrogens is 2. The molecule has 0 radical (unpaired) electrons. The van der Waals surface area contributed by atoms with Gasteiger partial charge in [-0.05, 0) is 31.2 Å². The molecule has 1 unspecified atom stereocenters. The van der Waals surface area contributed by atoms with Gasteiger partial charge in [-0.3, -0.25) is 4.79 Å². The summed E-state index contributed by atoms with van der Waals surface area (Å²) < 4.78 is 5.52. The van der Waals surface area contributed by atoms with Gasteiger partial charge in [-0.25, -0.2) is 0 Å². The summed E-state index contributed by atoms with van der Waals surface area (Å²) >= 11 is 0. The smallest absolute Gasteiger partial charge is 0.249 e. The highest BCUT2D eigenvalue weighted by Gasteiger charge is 2.39. The SMILES string of the molecule is Cl.NC1(c2noc(C3CCCN3C(=O)Cc3ccccc3)n2)CCCC1. The summed E-state index contributed by atoms with van der Waals surface area (Å²) in [7, 11) is 0. The molecule has 2 aromatic rings. The summed E-state index contributed by atoms with van der Waals surface area (Å²) in [6, 6.07) is 9.70. The maximum absolute atomic E-state index is 12.7. The maximum atomic E-state index is 12.7. The number of hydrogen-bond acceptors (Lipinski definition) is 5. The van der Waals surface area contributed by atoms with E-state index in [1.165, 1.54) is 0 Å². The van der Waals surface area contributed by atoms with E-state index in [-0.39, 0.29) is 24.4 Å². The minimum atomic E-state index is -0.459. The molecule has 6 nitrogen and oxygen atoms in total. The molecule has 4 rings (SSSR count). The lowest BCUT2D eigenvalue weighted by atomic mass is 9.98. The third-order valence-corrected chi connectivity index (χ3v) is 5.44. The zero-order chi connectivity index (χ0) is 17.3. The van der Waals surface area contributed by atoms with Crippen molar-refractivity contribution in [3.63, 3.8) is 0 Å². The molecule has 0 bridgehead atoms. The fraction of sp³-hybridized carbons (Fsp3) is 0.526. The summed E-state index contributed by atoms with van der Waals surface area (Å²) in [6.45, 7) is 0.738. The molecule has 1 amide bonds. The molecule has 1 saturated carbocycles. The van der Waals surface area contributed by atoms with Gasteiger partial charge >= 0.3 is 0 Å². The van der Waals surface area contributed by atoms with Crippen LogP contribution in [-0.4, -0.2) is 27.5 Å². The molecule has 2 heterocycles. The molecular formula is C19H25ClN4O2. The van der Waals surface area contributed by atoms with Crippen molar-refractivity contribution in [3.8, 4) is 0 Å². The highest BCUT2D eigenvalue weighted by molar-refractivity contribution is 5.85. The average molecular weight is 377 g/mol. The van der Waals surface area contributed by atoms with E-state index in [0.29, 0.717) is 18.1 Å². The van der Waals surface area contributed by atoms with Crippen LogP contribution >= 0.6 is 12.4 Å². The molecule has 1 aliphatic heterocycles. The van der Waals surface area contributed by atoms with Crippen LogP contribution in [0, 0.1) is 0 Å². The van der Waals surface area contributed by atoms with E-state index in [0.717, 1.165) is 50.6 Å². The molecule has 1 aromatic heterocycles. The van der Waals surface area contributed by atoms with Gasteiger partial charge in [0.25, 0.3) is 0 Å². The highest BCUT2D eigenvalue weighted by Crippen LogP contribution is 2.37. The monoisotopic (exact) mass is 376 g/mol. The van der Waals surface area contributed by atoms with Crippen LogP contribution in [-0.2, 0) is 16.8 Å². The van der Waals surface area contributed by atoms with Gasteiger partial charge in [0.15, 0.2) is 5.82 Å². The number of carbonyl (C=O) groups is 1. The van der Waals surface area contributed by atoms with Gasteiger partial charge in [0.2, 0.25) is 11.8 Å². The Morgan fingerprint density at radius 3 is 2.69 bits per heavy atom. The van der Waals surface area contributed by atoms with Crippen LogP contribution < -0.4 is 5.73 Å². The molecule has 2 N–H and O–H groups in total. The van der Waals surface area contributed by atoms with Gasteiger partial charge in [-0.15, -0.1) is 12.4 Å². The molecule has 1 aliphatic carbocycles. The van der Waals surface area contributed by atoms with E-state index in [9.17, 15) is 4.79 Å². The number of likely N-dealkylation sites (tertiary alicyclic amines) is 1. The summed E-state index contributed by atoms with van der Waals surface area (Å²) in [5, 5.41) is 4.14. The molecule has 0 spiro atoms. The van der Waals surface area contributed by atoms with E-state index in [4.69, 9.17) is 10.3 Å². The van der Waals surface area contributed by atoms with Gasteiger partial charge in [0, 0.05) is 6.54 Å². The average Bonchev–Trinajstić information content (AvgIpc) is 3.36. The van der Waals surface area contributed by atoms with Crippen LogP contribution in [0.25, 0.3) is 0 Å². The van der Waals surface area contributed by atoms with Gasteiger partial charge < -0.3 is 15.2 Å². The molecule has 1 atom stereocenters. The predicted octanol–water partition coefficient (Wildman–Crippen LogP) is 3.13. The molecule has 7 heteroatoms. The number of halogens is 1. The number of rotatable bonds is 4. The zero-order valence-electron chi connectivity index (χ0n) is 14.8. The third-order valence-electron chi connectivity index (χ3n) is 5.44. The Kier molecular flexibility index (Phi) is 5.63. The van der Waals surface area contributed by atoms with Crippen molar-refractivity contribution < 1.29 is 9.32 Å². The van der Waals surface area contributed by atoms with Crippen LogP contribution in [0.5, 0.6) is 0 Å². The number of amides is 1. The minimum Gasteiger partial charge on any atom is -0.337 e. The Bertz CT molecular complexity index is 743. The van der Waals surface area contributed by atoms with Crippen LogP contribution in [0.3, 0.4) is 0 Å². The molecule has 140 valence electrons. The van der Waals surface area contributed by atoms with Crippen LogP contribution in [0.2, 0.25) is 0 Å². The van der Waals surface area contributed by atoms with E-state index in [1.54, 1.807) is 0 Å². The minimum absolute atomic E-state index is 0. The summed E-state index contributed by atoms with van der Waals surface area (Å²) in [5.41, 5.74) is 6.99. The number of benzene rings is 1. The first kappa shape index (κ1) is 18.9. The van der Waals surface area contributed by atoms with Gasteiger partial charge in [0.1, 0.15) is 6.04 Å². The Morgan fingerprint density at radius 2 is 1.96 bits per heavy atom. The van der Waals surface area contributed by atoms with Crippen LogP contribution in [0.15, 0.2) is 34.9 Å². The summed E-state index contributed by atoms with van der Waals surface area (Å²) in [5.74, 6) is 1.24. The van der Waals surface area contributed by atoms with E-state index in [2.05, 4.69) is 10.1 Å². The first-order valence-electron chi connectivity index (χ1n) is 9.12. The Morgan fingerprint density at radius 1 is 1.23 bits per heavy atom. The Hall–Kier alpha value is -1.92. The fourth-order valence-electron chi connectivity index (χ4n) is 4.00. The van der Waals surface area contributed by atoms with E-state index in [1.807, 2.05) is 35.2 Å². The normalized spacial score (nSPS) is 21.6.